The predicted molar refractivity (Wildman–Crippen MR) is 122 cm³/mol. The first-order valence-electron chi connectivity index (χ1n) is 13.5. The molecule has 0 fully saturated rings. The molecule has 0 saturated carbocycles. The van der Waals surface area contributed by atoms with Crippen LogP contribution in [0.5, 0.6) is 0 Å². The van der Waals surface area contributed by atoms with E-state index in [2.05, 4.69) is 0 Å². The van der Waals surface area contributed by atoms with Crippen molar-refractivity contribution in [3.8, 4) is 11.3 Å². The molecule has 28 heavy (non-hydrogen) atoms. The number of thiophene rings is 1. The summed E-state index contributed by atoms with van der Waals surface area (Å²) in [7, 11) is 1.80. The molecule has 2 heteroatoms. The summed E-state index contributed by atoms with van der Waals surface area (Å²) in [6.07, 6.45) is 1.62. The van der Waals surface area contributed by atoms with Crippen LogP contribution in [-0.2, 0) is 7.05 Å². The lowest BCUT2D eigenvalue weighted by atomic mass is 9.98. The van der Waals surface area contributed by atoms with Crippen LogP contribution in [0, 0.1) is 27.5 Å². The molecule has 1 nitrogen and oxygen atoms in total. The van der Waals surface area contributed by atoms with Crippen LogP contribution in [0.15, 0.2) is 54.7 Å². The minimum Gasteiger partial charge on any atom is -0.200 e. The van der Waals surface area contributed by atoms with E-state index in [0.29, 0.717) is 5.39 Å². The lowest BCUT2D eigenvalue weighted by Gasteiger charge is -2.08. The average molecular weight is 392 g/mol. The first-order valence-corrected chi connectivity index (χ1v) is 9.82. The second kappa shape index (κ2) is 6.15. The Hall–Kier alpha value is -2.71. The Morgan fingerprint density at radius 2 is 1.68 bits per heavy atom. The van der Waals surface area contributed by atoms with Crippen molar-refractivity contribution in [1.29, 1.82) is 0 Å². The van der Waals surface area contributed by atoms with Gasteiger partial charge >= 0.3 is 0 Å². The van der Waals surface area contributed by atoms with Crippen LogP contribution in [0.3, 0.4) is 0 Å². The third kappa shape index (κ3) is 2.56. The summed E-state index contributed by atoms with van der Waals surface area (Å²) in [5.41, 5.74) is 3.08. The SMILES string of the molecule is [2H]C([2H])([2H])c1ccc(-c2c3sc4cc5ccc(C([2H])([2H])[2H])cc5cc4c3c(C([2H])([2H])[2H])c[n+]2C)c(C)c1. The summed E-state index contributed by atoms with van der Waals surface area (Å²) in [5.74, 6) is 0. The zero-order valence-electron chi connectivity index (χ0n) is 24.6. The van der Waals surface area contributed by atoms with E-state index >= 15 is 0 Å². The second-order valence-corrected chi connectivity index (χ2v) is 8.30. The predicted octanol–water partition coefficient (Wildman–Crippen LogP) is 6.93. The number of rotatable bonds is 1. The molecule has 0 saturated heterocycles. The molecule has 0 aliphatic rings. The molecular weight excluding hydrogens is 358 g/mol. The Morgan fingerprint density at radius 3 is 2.46 bits per heavy atom. The van der Waals surface area contributed by atoms with Gasteiger partial charge in [-0.2, -0.15) is 4.57 Å². The Morgan fingerprint density at radius 1 is 0.857 bits per heavy atom. The third-order valence-electron chi connectivity index (χ3n) is 5.29. The Kier molecular flexibility index (Phi) is 2.23. The highest BCUT2D eigenvalue weighted by Gasteiger charge is 2.22. The standard InChI is InChI=1S/C26H24NS/c1-15-7-9-21(17(3)10-15)25-26-24(18(4)14-27(25)5)22-12-20-11-16(2)6-8-19(20)13-23(22)28-26/h6-14H,1-5H3/q+1/i1D3,2D3,4D3. The molecule has 0 bridgehead atoms. The highest BCUT2D eigenvalue weighted by atomic mass is 32.1. The van der Waals surface area contributed by atoms with Crippen molar-refractivity contribution in [2.24, 2.45) is 7.05 Å². The van der Waals surface area contributed by atoms with E-state index in [1.54, 1.807) is 54.2 Å². The molecule has 0 amide bonds. The van der Waals surface area contributed by atoms with Crippen molar-refractivity contribution < 1.29 is 16.9 Å². The molecular formula is C26H24NS+. The number of aromatic nitrogens is 1. The van der Waals surface area contributed by atoms with Gasteiger partial charge in [-0.05, 0) is 62.0 Å². The average Bonchev–Trinajstić information content (AvgIpc) is 3.12. The summed E-state index contributed by atoms with van der Waals surface area (Å²) in [5, 5.41) is 2.95. The molecule has 0 atom stereocenters. The highest BCUT2D eigenvalue weighted by Crippen LogP contribution is 2.42. The zero-order valence-corrected chi connectivity index (χ0v) is 16.4. The van der Waals surface area contributed by atoms with Gasteiger partial charge in [0.2, 0.25) is 5.69 Å². The quantitative estimate of drug-likeness (QED) is 0.273. The van der Waals surface area contributed by atoms with Gasteiger partial charge in [-0.1, -0.05) is 41.5 Å². The number of hydrogen-bond acceptors (Lipinski definition) is 1. The summed E-state index contributed by atoms with van der Waals surface area (Å²) in [6.45, 7) is -5.00. The zero-order chi connectivity index (χ0) is 27.1. The number of nitrogens with zero attached hydrogens (tertiary/aromatic N) is 1. The van der Waals surface area contributed by atoms with Crippen LogP contribution in [0.1, 0.15) is 34.6 Å². The van der Waals surface area contributed by atoms with Crippen LogP contribution < -0.4 is 4.57 Å². The molecule has 5 rings (SSSR count). The van der Waals surface area contributed by atoms with Gasteiger partial charge in [0.15, 0.2) is 6.20 Å². The van der Waals surface area contributed by atoms with Crippen LogP contribution in [0.4, 0.5) is 0 Å². The van der Waals surface area contributed by atoms with Crippen LogP contribution >= 0.6 is 11.3 Å². The molecule has 0 N–H and O–H groups in total. The van der Waals surface area contributed by atoms with Crippen molar-refractivity contribution in [3.63, 3.8) is 0 Å². The van der Waals surface area contributed by atoms with E-state index in [1.165, 1.54) is 11.3 Å². The molecule has 2 aromatic heterocycles. The molecule has 0 aliphatic carbocycles. The van der Waals surface area contributed by atoms with Gasteiger partial charge in [0, 0.05) is 33.4 Å². The fraction of sp³-hybridized carbons (Fsp3) is 0.192. The fourth-order valence-electron chi connectivity index (χ4n) is 4.00. The Bertz CT molecular complexity index is 1710. The largest absolute Gasteiger partial charge is 0.230 e. The van der Waals surface area contributed by atoms with Crippen LogP contribution in [0.2, 0.25) is 0 Å². The lowest BCUT2D eigenvalue weighted by Crippen LogP contribution is -2.31. The molecule has 0 unspecified atom stereocenters. The maximum Gasteiger partial charge on any atom is 0.230 e. The van der Waals surface area contributed by atoms with Crippen molar-refractivity contribution in [2.75, 3.05) is 0 Å². The number of aryl methyl sites for hydroxylation is 5. The van der Waals surface area contributed by atoms with Crippen molar-refractivity contribution >= 4 is 42.3 Å². The van der Waals surface area contributed by atoms with E-state index < -0.39 is 20.6 Å². The minimum atomic E-state index is -2.38. The van der Waals surface area contributed by atoms with Gasteiger partial charge in [0.05, 0.1) is 5.56 Å². The molecule has 2 heterocycles. The van der Waals surface area contributed by atoms with Gasteiger partial charge in [0.1, 0.15) is 11.7 Å². The minimum absolute atomic E-state index is 0.211. The molecule has 0 spiro atoms. The number of hydrogen-bond donors (Lipinski definition) is 0. The van der Waals surface area contributed by atoms with Crippen molar-refractivity contribution in [3.05, 3.63) is 77.0 Å². The summed E-state index contributed by atoms with van der Waals surface area (Å²) in [6, 6.07) is 13.9. The van der Waals surface area contributed by atoms with Crippen molar-refractivity contribution in [2.45, 2.75) is 27.5 Å². The molecule has 0 radical (unpaired) electrons. The van der Waals surface area contributed by atoms with Gasteiger partial charge in [-0.25, -0.2) is 0 Å². The van der Waals surface area contributed by atoms with E-state index in [9.17, 15) is 0 Å². The maximum absolute atomic E-state index is 8.25. The number of fused-ring (bicyclic) bond motifs is 4. The topological polar surface area (TPSA) is 3.88 Å². The number of pyridine rings is 1. The van der Waals surface area contributed by atoms with E-state index in [1.807, 2.05) is 19.1 Å². The smallest absolute Gasteiger partial charge is 0.200 e. The Balaban J connectivity index is 1.89. The van der Waals surface area contributed by atoms with Gasteiger partial charge in [-0.15, -0.1) is 11.3 Å². The van der Waals surface area contributed by atoms with Crippen molar-refractivity contribution in [1.82, 2.24) is 0 Å². The summed E-state index contributed by atoms with van der Waals surface area (Å²) >= 11 is 1.48. The molecule has 0 aliphatic heterocycles. The first-order chi connectivity index (χ1) is 17.1. The summed E-state index contributed by atoms with van der Waals surface area (Å²) < 4.78 is 74.8. The van der Waals surface area contributed by atoms with E-state index in [0.717, 1.165) is 42.4 Å². The highest BCUT2D eigenvalue weighted by molar-refractivity contribution is 7.26. The van der Waals surface area contributed by atoms with Gasteiger partial charge < -0.3 is 0 Å². The second-order valence-electron chi connectivity index (χ2n) is 7.25. The summed E-state index contributed by atoms with van der Waals surface area (Å²) in [4.78, 5) is 0. The first kappa shape index (κ1) is 10.2. The monoisotopic (exact) mass is 391 g/mol. The molecule has 138 valence electrons. The maximum atomic E-state index is 8.25. The molecule has 3 aromatic carbocycles. The van der Waals surface area contributed by atoms with E-state index in [4.69, 9.17) is 12.3 Å². The third-order valence-corrected chi connectivity index (χ3v) is 6.45. The van der Waals surface area contributed by atoms with Crippen LogP contribution in [0.25, 0.3) is 42.2 Å². The normalized spacial score (nSPS) is 17.9. The van der Waals surface area contributed by atoms with E-state index in [-0.39, 0.29) is 16.7 Å². The lowest BCUT2D eigenvalue weighted by molar-refractivity contribution is -0.659. The molecule has 5 aromatic rings. The number of benzene rings is 3. The van der Waals surface area contributed by atoms with Gasteiger partial charge in [-0.3, -0.25) is 0 Å². The van der Waals surface area contributed by atoms with Gasteiger partial charge in [0.25, 0.3) is 0 Å². The fourth-order valence-corrected chi connectivity index (χ4v) is 5.35. The Labute approximate surface area is 182 Å². The van der Waals surface area contributed by atoms with Crippen LogP contribution in [-0.4, -0.2) is 0 Å².